The summed E-state index contributed by atoms with van der Waals surface area (Å²) in [4.78, 5) is 0. The number of hydrogen-bond donors (Lipinski definition) is 1. The van der Waals surface area contributed by atoms with Crippen LogP contribution in [0.2, 0.25) is 0 Å². The van der Waals surface area contributed by atoms with Gasteiger partial charge in [-0.15, -0.1) is 5.10 Å². The number of halogens is 1. The van der Waals surface area contributed by atoms with Crippen molar-refractivity contribution in [2.75, 3.05) is 5.73 Å². The van der Waals surface area contributed by atoms with Gasteiger partial charge < -0.3 is 5.73 Å². The van der Waals surface area contributed by atoms with Crippen molar-refractivity contribution in [2.45, 2.75) is 33.1 Å². The summed E-state index contributed by atoms with van der Waals surface area (Å²) in [5, 5.41) is 7.93. The molecule has 1 aromatic carbocycles. The average molecular weight is 248 g/mol. The molecule has 0 bridgehead atoms. The van der Waals surface area contributed by atoms with Gasteiger partial charge in [-0.25, -0.2) is 9.07 Å². The molecule has 0 spiro atoms. The molecule has 2 N–H and O–H groups in total. The van der Waals surface area contributed by atoms with Gasteiger partial charge in [-0.05, 0) is 19.1 Å². The summed E-state index contributed by atoms with van der Waals surface area (Å²) in [6.45, 7) is 7.78. The normalized spacial score (nSPS) is 11.8. The van der Waals surface area contributed by atoms with E-state index < -0.39 is 0 Å². The second-order valence-electron chi connectivity index (χ2n) is 5.37. The predicted octanol–water partition coefficient (Wildman–Crippen LogP) is 2.59. The fourth-order valence-electron chi connectivity index (χ4n) is 1.99. The third kappa shape index (κ3) is 1.96. The first-order valence-corrected chi connectivity index (χ1v) is 5.79. The zero-order chi connectivity index (χ0) is 13.5. The lowest BCUT2D eigenvalue weighted by molar-refractivity contribution is 0.541. The third-order valence-electron chi connectivity index (χ3n) is 2.87. The molecule has 0 aliphatic heterocycles. The quantitative estimate of drug-likeness (QED) is 0.844. The van der Waals surface area contributed by atoms with Gasteiger partial charge in [0.1, 0.15) is 5.82 Å². The summed E-state index contributed by atoms with van der Waals surface area (Å²) in [6.07, 6.45) is 0. The van der Waals surface area contributed by atoms with Crippen molar-refractivity contribution in [1.29, 1.82) is 0 Å². The molecule has 2 rings (SSSR count). The Hall–Kier alpha value is -1.91. The maximum atomic E-state index is 13.6. The van der Waals surface area contributed by atoms with Gasteiger partial charge in [0, 0.05) is 11.0 Å². The molecule has 0 aliphatic rings. The molecule has 0 saturated carbocycles. The molecule has 0 atom stereocenters. The summed E-state index contributed by atoms with van der Waals surface area (Å²) in [7, 11) is 0. The predicted molar refractivity (Wildman–Crippen MR) is 69.2 cm³/mol. The Morgan fingerprint density at radius 3 is 2.56 bits per heavy atom. The van der Waals surface area contributed by atoms with E-state index in [4.69, 9.17) is 5.73 Å². The highest BCUT2D eigenvalue weighted by molar-refractivity contribution is 5.47. The molecule has 5 heteroatoms. The molecular weight excluding hydrogens is 231 g/mol. The van der Waals surface area contributed by atoms with Gasteiger partial charge in [-0.3, -0.25) is 0 Å². The Balaban J connectivity index is 2.70. The standard InChI is InChI=1S/C13H17FN4/c1-8-9(14)6-5-7-10(8)18-11(13(2,3)4)12(15)16-17-18/h5-7H,15H2,1-4H3. The number of anilines is 1. The van der Waals surface area contributed by atoms with E-state index in [9.17, 15) is 4.39 Å². The van der Waals surface area contributed by atoms with Crippen LogP contribution in [0.25, 0.3) is 5.69 Å². The van der Waals surface area contributed by atoms with Gasteiger partial charge in [0.2, 0.25) is 0 Å². The Morgan fingerprint density at radius 2 is 1.94 bits per heavy atom. The van der Waals surface area contributed by atoms with Crippen LogP contribution in [-0.4, -0.2) is 15.0 Å². The fourth-order valence-corrected chi connectivity index (χ4v) is 1.99. The first-order valence-electron chi connectivity index (χ1n) is 5.79. The van der Waals surface area contributed by atoms with Gasteiger partial charge in [0.25, 0.3) is 0 Å². The molecule has 0 radical (unpaired) electrons. The van der Waals surface area contributed by atoms with Crippen LogP contribution in [0.15, 0.2) is 18.2 Å². The molecule has 0 fully saturated rings. The number of nitrogen functional groups attached to an aromatic ring is 1. The third-order valence-corrected chi connectivity index (χ3v) is 2.87. The number of hydrogen-bond acceptors (Lipinski definition) is 3. The minimum absolute atomic E-state index is 0.216. The molecule has 1 heterocycles. The molecular formula is C13H17FN4. The van der Waals surface area contributed by atoms with Gasteiger partial charge in [-0.1, -0.05) is 32.1 Å². The van der Waals surface area contributed by atoms with Gasteiger partial charge in [0.05, 0.1) is 11.4 Å². The van der Waals surface area contributed by atoms with Crippen molar-refractivity contribution in [3.63, 3.8) is 0 Å². The van der Waals surface area contributed by atoms with Crippen molar-refractivity contribution in [3.8, 4) is 5.69 Å². The average Bonchev–Trinajstić information content (AvgIpc) is 2.64. The van der Waals surface area contributed by atoms with E-state index in [1.807, 2.05) is 26.8 Å². The van der Waals surface area contributed by atoms with Crippen LogP contribution in [0.4, 0.5) is 10.2 Å². The summed E-state index contributed by atoms with van der Waals surface area (Å²) in [5.41, 5.74) is 7.64. The molecule has 0 unspecified atom stereocenters. The highest BCUT2D eigenvalue weighted by Crippen LogP contribution is 2.29. The number of benzene rings is 1. The number of rotatable bonds is 1. The van der Waals surface area contributed by atoms with E-state index in [1.165, 1.54) is 6.07 Å². The Kier molecular flexibility index (Phi) is 2.84. The van der Waals surface area contributed by atoms with Crippen molar-refractivity contribution >= 4 is 5.82 Å². The lowest BCUT2D eigenvalue weighted by atomic mass is 9.91. The Bertz CT molecular complexity index is 581. The largest absolute Gasteiger partial charge is 0.381 e. The van der Waals surface area contributed by atoms with Gasteiger partial charge in [0.15, 0.2) is 5.82 Å². The van der Waals surface area contributed by atoms with E-state index in [2.05, 4.69) is 10.3 Å². The molecule has 96 valence electrons. The minimum Gasteiger partial charge on any atom is -0.381 e. The molecule has 0 saturated heterocycles. The monoisotopic (exact) mass is 248 g/mol. The molecule has 18 heavy (non-hydrogen) atoms. The van der Waals surface area contributed by atoms with Crippen LogP contribution in [-0.2, 0) is 5.41 Å². The zero-order valence-corrected chi connectivity index (χ0v) is 11.0. The van der Waals surface area contributed by atoms with Crippen molar-refractivity contribution in [1.82, 2.24) is 15.0 Å². The van der Waals surface area contributed by atoms with E-state index in [0.717, 1.165) is 5.69 Å². The second-order valence-corrected chi connectivity index (χ2v) is 5.37. The summed E-state index contributed by atoms with van der Waals surface area (Å²) < 4.78 is 15.2. The second kappa shape index (κ2) is 4.08. The van der Waals surface area contributed by atoms with Crippen molar-refractivity contribution in [3.05, 3.63) is 35.3 Å². The van der Waals surface area contributed by atoms with Crippen molar-refractivity contribution in [2.24, 2.45) is 0 Å². The summed E-state index contributed by atoms with van der Waals surface area (Å²) in [5.74, 6) is 0.118. The number of nitrogens with two attached hydrogens (primary N) is 1. The highest BCUT2D eigenvalue weighted by Gasteiger charge is 2.25. The first-order chi connectivity index (χ1) is 8.32. The van der Waals surface area contributed by atoms with Gasteiger partial charge in [-0.2, -0.15) is 0 Å². The summed E-state index contributed by atoms with van der Waals surface area (Å²) in [6, 6.07) is 4.89. The molecule has 0 aliphatic carbocycles. The Morgan fingerprint density at radius 1 is 1.28 bits per heavy atom. The Labute approximate surface area is 106 Å². The number of nitrogens with zero attached hydrogens (tertiary/aromatic N) is 3. The lowest BCUT2D eigenvalue weighted by Crippen LogP contribution is -2.19. The van der Waals surface area contributed by atoms with E-state index in [-0.39, 0.29) is 11.2 Å². The lowest BCUT2D eigenvalue weighted by Gasteiger charge is -2.20. The summed E-state index contributed by atoms with van der Waals surface area (Å²) >= 11 is 0. The van der Waals surface area contributed by atoms with E-state index in [1.54, 1.807) is 17.7 Å². The zero-order valence-electron chi connectivity index (χ0n) is 11.0. The minimum atomic E-state index is -0.263. The SMILES string of the molecule is Cc1c(F)cccc1-n1nnc(N)c1C(C)(C)C. The van der Waals surface area contributed by atoms with Crippen LogP contribution >= 0.6 is 0 Å². The topological polar surface area (TPSA) is 56.7 Å². The van der Waals surface area contributed by atoms with E-state index in [0.29, 0.717) is 17.1 Å². The van der Waals surface area contributed by atoms with Crippen molar-refractivity contribution < 1.29 is 4.39 Å². The molecule has 0 amide bonds. The van der Waals surface area contributed by atoms with E-state index >= 15 is 0 Å². The van der Waals surface area contributed by atoms with Crippen LogP contribution in [0.3, 0.4) is 0 Å². The van der Waals surface area contributed by atoms with Crippen LogP contribution in [0.1, 0.15) is 32.0 Å². The maximum absolute atomic E-state index is 13.6. The van der Waals surface area contributed by atoms with Crippen LogP contribution in [0.5, 0.6) is 0 Å². The van der Waals surface area contributed by atoms with Crippen LogP contribution in [0, 0.1) is 12.7 Å². The fraction of sp³-hybridized carbons (Fsp3) is 0.385. The molecule has 4 nitrogen and oxygen atoms in total. The van der Waals surface area contributed by atoms with Gasteiger partial charge >= 0.3 is 0 Å². The number of aromatic nitrogens is 3. The first kappa shape index (κ1) is 12.5. The van der Waals surface area contributed by atoms with Crippen LogP contribution < -0.4 is 5.73 Å². The molecule has 2 aromatic rings. The molecule has 1 aromatic heterocycles. The smallest absolute Gasteiger partial charge is 0.170 e. The highest BCUT2D eigenvalue weighted by atomic mass is 19.1. The maximum Gasteiger partial charge on any atom is 0.170 e.